The van der Waals surface area contributed by atoms with Gasteiger partial charge < -0.3 is 13.9 Å². The van der Waals surface area contributed by atoms with Gasteiger partial charge >= 0.3 is 5.69 Å². The molecule has 50 heavy (non-hydrogen) atoms. The van der Waals surface area contributed by atoms with Crippen LogP contribution in [0.1, 0.15) is 128 Å². The fraction of sp³-hybridized carbons (Fsp3) is 0.476. The van der Waals surface area contributed by atoms with E-state index in [2.05, 4.69) is 35.9 Å². The Morgan fingerprint density at radius 1 is 0.600 bits per heavy atom. The Balaban J connectivity index is 1.23. The number of benzene rings is 3. The van der Waals surface area contributed by atoms with Crippen molar-refractivity contribution in [2.75, 3.05) is 13.2 Å². The fourth-order valence-corrected chi connectivity index (χ4v) is 5.69. The molecule has 4 aromatic rings. The Morgan fingerprint density at radius 2 is 1.06 bits per heavy atom. The lowest BCUT2D eigenvalue weighted by atomic mass is 10.1. The van der Waals surface area contributed by atoms with Gasteiger partial charge in [-0.1, -0.05) is 116 Å². The van der Waals surface area contributed by atoms with E-state index in [1.807, 2.05) is 48.5 Å². The number of ether oxygens (including phenoxy) is 2. The van der Waals surface area contributed by atoms with E-state index in [9.17, 15) is 10.1 Å². The molecule has 0 radical (unpaired) electrons. The molecule has 3 aromatic carbocycles. The summed E-state index contributed by atoms with van der Waals surface area (Å²) in [4.78, 5) is 11.3. The number of unbranched alkanes of at least 4 members (excludes halogenated alkanes) is 14. The summed E-state index contributed by atoms with van der Waals surface area (Å²) in [6, 6.07) is 20.1. The minimum Gasteiger partial charge on any atom is -0.494 e. The van der Waals surface area contributed by atoms with Crippen LogP contribution in [-0.2, 0) is 0 Å². The molecular weight excluding hydrogens is 626 g/mol. The zero-order valence-electron chi connectivity index (χ0n) is 30.0. The lowest BCUT2D eigenvalue weighted by molar-refractivity contribution is -0.385. The van der Waals surface area contributed by atoms with Crippen molar-refractivity contribution < 1.29 is 18.8 Å². The van der Waals surface area contributed by atoms with Crippen LogP contribution >= 0.6 is 0 Å². The molecule has 0 amide bonds. The van der Waals surface area contributed by atoms with Crippen molar-refractivity contribution in [3.05, 3.63) is 88.0 Å². The van der Waals surface area contributed by atoms with Gasteiger partial charge in [-0.25, -0.2) is 0 Å². The van der Waals surface area contributed by atoms with E-state index in [4.69, 9.17) is 13.9 Å². The second kappa shape index (κ2) is 22.2. The zero-order valence-corrected chi connectivity index (χ0v) is 30.0. The first kappa shape index (κ1) is 38.2. The van der Waals surface area contributed by atoms with Crippen molar-refractivity contribution in [2.45, 2.75) is 117 Å². The molecule has 8 nitrogen and oxygen atoms in total. The van der Waals surface area contributed by atoms with Gasteiger partial charge in [0.05, 0.1) is 18.1 Å². The molecule has 0 aliphatic heterocycles. The van der Waals surface area contributed by atoms with Gasteiger partial charge in [0.15, 0.2) is 5.75 Å². The number of nitro benzene ring substituents is 1. The zero-order chi connectivity index (χ0) is 35.2. The highest BCUT2D eigenvalue weighted by molar-refractivity contribution is 5.60. The lowest BCUT2D eigenvalue weighted by Gasteiger charge is -2.07. The second-order valence-corrected chi connectivity index (χ2v) is 12.9. The van der Waals surface area contributed by atoms with Gasteiger partial charge in [0, 0.05) is 28.3 Å². The summed E-state index contributed by atoms with van der Waals surface area (Å²) < 4.78 is 17.7. The van der Waals surface area contributed by atoms with Crippen LogP contribution in [0.25, 0.3) is 22.9 Å². The maximum Gasteiger partial charge on any atom is 0.312 e. The summed E-state index contributed by atoms with van der Waals surface area (Å²) in [5.74, 6) is 8.09. The van der Waals surface area contributed by atoms with Crippen LogP contribution in [0, 0.1) is 22.0 Å². The van der Waals surface area contributed by atoms with Crippen LogP contribution in [0.2, 0.25) is 0 Å². The predicted octanol–water partition coefficient (Wildman–Crippen LogP) is 11.8. The Kier molecular flexibility index (Phi) is 16.9. The quantitative estimate of drug-likeness (QED) is 0.0333. The van der Waals surface area contributed by atoms with Crippen LogP contribution in [0.5, 0.6) is 11.5 Å². The smallest absolute Gasteiger partial charge is 0.312 e. The third-order valence-corrected chi connectivity index (χ3v) is 8.69. The third kappa shape index (κ3) is 13.3. The molecule has 1 heterocycles. The van der Waals surface area contributed by atoms with Gasteiger partial charge in [-0.2, -0.15) is 0 Å². The molecule has 8 heteroatoms. The van der Waals surface area contributed by atoms with E-state index < -0.39 is 4.92 Å². The maximum atomic E-state index is 11.7. The van der Waals surface area contributed by atoms with Crippen molar-refractivity contribution in [1.29, 1.82) is 0 Å². The van der Waals surface area contributed by atoms with Crippen LogP contribution in [0.4, 0.5) is 5.69 Å². The molecule has 0 aliphatic carbocycles. The molecular formula is C42H53N3O5. The number of hydrogen-bond acceptors (Lipinski definition) is 7. The summed E-state index contributed by atoms with van der Waals surface area (Å²) in [5.41, 5.74) is 2.83. The molecule has 0 atom stereocenters. The van der Waals surface area contributed by atoms with Crippen molar-refractivity contribution in [3.8, 4) is 46.2 Å². The van der Waals surface area contributed by atoms with Crippen LogP contribution in [-0.4, -0.2) is 28.3 Å². The first-order valence-corrected chi connectivity index (χ1v) is 18.7. The summed E-state index contributed by atoms with van der Waals surface area (Å²) in [7, 11) is 0. The van der Waals surface area contributed by atoms with E-state index >= 15 is 0 Å². The van der Waals surface area contributed by atoms with E-state index in [-0.39, 0.29) is 11.4 Å². The lowest BCUT2D eigenvalue weighted by Crippen LogP contribution is -2.01. The minimum atomic E-state index is -0.414. The highest BCUT2D eigenvalue weighted by Gasteiger charge is 2.16. The topological polar surface area (TPSA) is 101 Å². The Hall–Kier alpha value is -4.64. The summed E-state index contributed by atoms with van der Waals surface area (Å²) in [5, 5.41) is 20.2. The Morgan fingerprint density at radius 3 is 1.60 bits per heavy atom. The molecule has 0 unspecified atom stereocenters. The molecule has 0 bridgehead atoms. The van der Waals surface area contributed by atoms with E-state index in [1.54, 1.807) is 12.1 Å². The van der Waals surface area contributed by atoms with Gasteiger partial charge in [0.2, 0.25) is 11.8 Å². The highest BCUT2D eigenvalue weighted by atomic mass is 16.6. The molecule has 0 aliphatic rings. The standard InChI is InChI=1S/C42H53N3O5/c1-3-5-7-9-11-13-15-17-31-48-38-28-26-37(27-29-38)42-44-43-41(50-42)36-24-21-34(22-25-36)19-20-35-23-30-40(39(33-35)45(46)47)49-32-18-16-14-12-10-8-6-4-2/h21-30,33H,3-18,31-32H2,1-2H3. The Bertz CT molecular complexity index is 1620. The van der Waals surface area contributed by atoms with Crippen molar-refractivity contribution in [3.63, 3.8) is 0 Å². The van der Waals surface area contributed by atoms with Gasteiger partial charge in [0.1, 0.15) is 5.75 Å². The molecule has 0 fully saturated rings. The van der Waals surface area contributed by atoms with Crippen molar-refractivity contribution in [1.82, 2.24) is 10.2 Å². The molecule has 1 aromatic heterocycles. The molecule has 0 saturated carbocycles. The van der Waals surface area contributed by atoms with Gasteiger partial charge in [0.25, 0.3) is 0 Å². The molecule has 0 N–H and O–H groups in total. The van der Waals surface area contributed by atoms with Gasteiger partial charge in [-0.3, -0.25) is 10.1 Å². The van der Waals surface area contributed by atoms with Crippen LogP contribution in [0.3, 0.4) is 0 Å². The van der Waals surface area contributed by atoms with Gasteiger partial charge in [-0.05, 0) is 73.5 Å². The molecule has 0 spiro atoms. The SMILES string of the molecule is CCCCCCCCCCOc1ccc(-c2nnc(-c3ccc(C#Cc4ccc(OCCCCCCCCCC)c([N+](=O)[O-])c4)cc3)o2)cc1. The van der Waals surface area contributed by atoms with Crippen LogP contribution < -0.4 is 9.47 Å². The number of hydrogen-bond donors (Lipinski definition) is 0. The second-order valence-electron chi connectivity index (χ2n) is 12.9. The monoisotopic (exact) mass is 679 g/mol. The fourth-order valence-electron chi connectivity index (χ4n) is 5.69. The molecule has 266 valence electrons. The molecule has 0 saturated heterocycles. The maximum absolute atomic E-state index is 11.7. The summed E-state index contributed by atoms with van der Waals surface area (Å²) >= 11 is 0. The van der Waals surface area contributed by atoms with E-state index in [1.165, 1.54) is 89.5 Å². The number of aromatic nitrogens is 2. The average Bonchev–Trinajstić information content (AvgIpc) is 3.64. The summed E-state index contributed by atoms with van der Waals surface area (Å²) in [6.07, 6.45) is 19.7. The summed E-state index contributed by atoms with van der Waals surface area (Å²) in [6.45, 7) is 5.66. The predicted molar refractivity (Wildman–Crippen MR) is 200 cm³/mol. The first-order chi connectivity index (χ1) is 24.6. The van der Waals surface area contributed by atoms with Crippen LogP contribution in [0.15, 0.2) is 71.1 Å². The highest BCUT2D eigenvalue weighted by Crippen LogP contribution is 2.29. The number of nitrogens with zero attached hydrogens (tertiary/aromatic N) is 3. The largest absolute Gasteiger partial charge is 0.494 e. The molecule has 4 rings (SSSR count). The van der Waals surface area contributed by atoms with Crippen molar-refractivity contribution in [2.24, 2.45) is 0 Å². The normalized spacial score (nSPS) is 10.8. The number of rotatable bonds is 23. The number of nitro groups is 1. The average molecular weight is 680 g/mol. The Labute approximate surface area is 298 Å². The first-order valence-electron chi connectivity index (χ1n) is 18.7. The minimum absolute atomic E-state index is 0.0696. The van der Waals surface area contributed by atoms with E-state index in [0.717, 1.165) is 48.3 Å². The van der Waals surface area contributed by atoms with E-state index in [0.29, 0.717) is 24.0 Å². The van der Waals surface area contributed by atoms with Crippen molar-refractivity contribution >= 4 is 5.69 Å². The van der Waals surface area contributed by atoms with Gasteiger partial charge in [-0.15, -0.1) is 10.2 Å². The third-order valence-electron chi connectivity index (χ3n) is 8.69.